The molecule has 5 nitrogen and oxygen atoms in total. The fraction of sp³-hybridized carbons (Fsp3) is 0.321. The molecule has 184 valence electrons. The number of hydrogen-bond donors (Lipinski definition) is 3. The largest absolute Gasteiger partial charge is 0.497 e. The molecule has 0 heterocycles. The molecule has 7 heteroatoms. The number of aliphatic hydroxyl groups excluding tert-OH is 1. The van der Waals surface area contributed by atoms with Crippen molar-refractivity contribution in [1.82, 2.24) is 10.6 Å². The molecule has 0 saturated heterocycles. The minimum atomic E-state index is -0.954. The summed E-state index contributed by atoms with van der Waals surface area (Å²) in [7, 11) is 1.64. The Morgan fingerprint density at radius 2 is 1.69 bits per heavy atom. The number of carbonyl (C=O) groups is 1. The van der Waals surface area contributed by atoms with E-state index < -0.39 is 23.8 Å². The van der Waals surface area contributed by atoms with Gasteiger partial charge in [0.05, 0.1) is 19.3 Å². The summed E-state index contributed by atoms with van der Waals surface area (Å²) in [4.78, 5) is 11.7. The van der Waals surface area contributed by atoms with Crippen LogP contribution in [0.5, 0.6) is 5.75 Å². The zero-order valence-electron chi connectivity index (χ0n) is 19.9. The molecule has 3 aromatic carbocycles. The van der Waals surface area contributed by atoms with E-state index in [1.807, 2.05) is 36.4 Å². The molecular formula is C28H30F2N2O3. The Labute approximate surface area is 204 Å². The van der Waals surface area contributed by atoms with E-state index in [9.17, 15) is 18.7 Å². The topological polar surface area (TPSA) is 70.6 Å². The molecule has 3 N–H and O–H groups in total. The highest BCUT2D eigenvalue weighted by molar-refractivity contribution is 5.73. The number of nitrogens with one attached hydrogen (secondary N) is 2. The van der Waals surface area contributed by atoms with Crippen LogP contribution < -0.4 is 15.4 Å². The van der Waals surface area contributed by atoms with Gasteiger partial charge in [0.1, 0.15) is 17.4 Å². The highest BCUT2D eigenvalue weighted by Crippen LogP contribution is 2.46. The van der Waals surface area contributed by atoms with Crippen molar-refractivity contribution in [2.75, 3.05) is 13.7 Å². The van der Waals surface area contributed by atoms with E-state index in [2.05, 4.69) is 22.8 Å². The third-order valence-corrected chi connectivity index (χ3v) is 6.45. The lowest BCUT2D eigenvalue weighted by atomic mass is 9.97. The minimum Gasteiger partial charge on any atom is -0.497 e. The Bertz CT molecular complexity index is 1180. The number of carbonyl (C=O) groups excluding carboxylic acids is 1. The van der Waals surface area contributed by atoms with Crippen LogP contribution in [0.4, 0.5) is 8.78 Å². The van der Waals surface area contributed by atoms with Gasteiger partial charge in [-0.3, -0.25) is 4.79 Å². The number of halogens is 2. The van der Waals surface area contributed by atoms with Crippen LogP contribution in [0, 0.1) is 11.6 Å². The number of methoxy groups -OCH3 is 1. The van der Waals surface area contributed by atoms with Gasteiger partial charge in [0.25, 0.3) is 0 Å². The van der Waals surface area contributed by atoms with Crippen LogP contribution in [-0.2, 0) is 16.8 Å². The smallest absolute Gasteiger partial charge is 0.217 e. The summed E-state index contributed by atoms with van der Waals surface area (Å²) in [5, 5.41) is 17.1. The first-order chi connectivity index (χ1) is 16.8. The SMILES string of the molecule is COc1cccc(-c2cccc(C3(NC[C@H](O)[C@H](Cc4cc(F)cc(F)c4)NC(C)=O)CC3)c2)c1. The average molecular weight is 481 g/mol. The van der Waals surface area contributed by atoms with Crippen molar-refractivity contribution < 1.29 is 23.4 Å². The zero-order chi connectivity index (χ0) is 25.0. The Kier molecular flexibility index (Phi) is 7.48. The third-order valence-electron chi connectivity index (χ3n) is 6.45. The van der Waals surface area contributed by atoms with Crippen LogP contribution in [-0.4, -0.2) is 36.8 Å². The van der Waals surface area contributed by atoms with Gasteiger partial charge in [-0.1, -0.05) is 30.3 Å². The van der Waals surface area contributed by atoms with Gasteiger partial charge in [-0.05, 0) is 71.8 Å². The molecular weight excluding hydrogens is 450 g/mol. The molecule has 1 aliphatic rings. The van der Waals surface area contributed by atoms with Gasteiger partial charge in [-0.15, -0.1) is 0 Å². The molecule has 1 aliphatic carbocycles. The van der Waals surface area contributed by atoms with Crippen LogP contribution in [0.2, 0.25) is 0 Å². The average Bonchev–Trinajstić information content (AvgIpc) is 3.62. The number of hydrogen-bond acceptors (Lipinski definition) is 4. The van der Waals surface area contributed by atoms with E-state index >= 15 is 0 Å². The zero-order valence-corrected chi connectivity index (χ0v) is 19.9. The molecule has 2 atom stereocenters. The molecule has 0 aromatic heterocycles. The quantitative estimate of drug-likeness (QED) is 0.404. The van der Waals surface area contributed by atoms with E-state index in [0.29, 0.717) is 5.56 Å². The Hall–Kier alpha value is -3.29. The van der Waals surface area contributed by atoms with Crippen molar-refractivity contribution in [2.24, 2.45) is 0 Å². The normalized spacial score (nSPS) is 15.8. The Morgan fingerprint density at radius 1 is 1.03 bits per heavy atom. The lowest BCUT2D eigenvalue weighted by Crippen LogP contribution is -2.49. The number of rotatable bonds is 10. The maximum absolute atomic E-state index is 13.6. The van der Waals surface area contributed by atoms with Gasteiger partial charge in [-0.25, -0.2) is 8.78 Å². The van der Waals surface area contributed by atoms with Gasteiger partial charge in [0.2, 0.25) is 5.91 Å². The van der Waals surface area contributed by atoms with E-state index in [1.165, 1.54) is 19.1 Å². The van der Waals surface area contributed by atoms with Crippen molar-refractivity contribution in [3.05, 3.63) is 89.5 Å². The Balaban J connectivity index is 1.47. The molecule has 1 saturated carbocycles. The highest BCUT2D eigenvalue weighted by Gasteiger charge is 2.44. The van der Waals surface area contributed by atoms with Crippen molar-refractivity contribution >= 4 is 5.91 Å². The van der Waals surface area contributed by atoms with Crippen LogP contribution in [0.3, 0.4) is 0 Å². The van der Waals surface area contributed by atoms with Crippen molar-refractivity contribution in [3.8, 4) is 16.9 Å². The summed E-state index contributed by atoms with van der Waals surface area (Å²) in [5.74, 6) is -0.917. The summed E-state index contributed by atoms with van der Waals surface area (Å²) in [6.07, 6.45) is 0.988. The van der Waals surface area contributed by atoms with Crippen molar-refractivity contribution in [1.29, 1.82) is 0 Å². The summed E-state index contributed by atoms with van der Waals surface area (Å²) in [5.41, 5.74) is 3.34. The minimum absolute atomic E-state index is 0.107. The van der Waals surface area contributed by atoms with Crippen molar-refractivity contribution in [3.63, 3.8) is 0 Å². The van der Waals surface area contributed by atoms with Crippen molar-refractivity contribution in [2.45, 2.75) is 43.9 Å². The lowest BCUT2D eigenvalue weighted by molar-refractivity contribution is -0.120. The fourth-order valence-corrected chi connectivity index (χ4v) is 4.46. The third kappa shape index (κ3) is 6.24. The molecule has 35 heavy (non-hydrogen) atoms. The van der Waals surface area contributed by atoms with E-state index in [0.717, 1.165) is 41.3 Å². The van der Waals surface area contributed by atoms with Gasteiger partial charge in [0.15, 0.2) is 0 Å². The molecule has 0 spiro atoms. The summed E-state index contributed by atoms with van der Waals surface area (Å²) in [6.45, 7) is 1.57. The Morgan fingerprint density at radius 3 is 2.31 bits per heavy atom. The molecule has 4 rings (SSSR count). The molecule has 0 unspecified atom stereocenters. The molecule has 1 fully saturated rings. The first-order valence-corrected chi connectivity index (χ1v) is 11.7. The van der Waals surface area contributed by atoms with E-state index in [1.54, 1.807) is 7.11 Å². The summed E-state index contributed by atoms with van der Waals surface area (Å²) in [6, 6.07) is 18.7. The fourth-order valence-electron chi connectivity index (χ4n) is 4.46. The predicted molar refractivity (Wildman–Crippen MR) is 131 cm³/mol. The van der Waals surface area contributed by atoms with E-state index in [-0.39, 0.29) is 24.4 Å². The molecule has 0 aliphatic heterocycles. The molecule has 0 bridgehead atoms. The van der Waals surface area contributed by atoms with E-state index in [4.69, 9.17) is 4.74 Å². The second kappa shape index (κ2) is 10.5. The van der Waals surface area contributed by atoms with Gasteiger partial charge in [0, 0.05) is 25.1 Å². The predicted octanol–water partition coefficient (Wildman–Crippen LogP) is 4.33. The van der Waals surface area contributed by atoms with Gasteiger partial charge in [-0.2, -0.15) is 0 Å². The molecule has 3 aromatic rings. The monoisotopic (exact) mass is 480 g/mol. The number of ether oxygens (including phenoxy) is 1. The summed E-state index contributed by atoms with van der Waals surface area (Å²) < 4.78 is 32.6. The first kappa shape index (κ1) is 24.8. The maximum atomic E-state index is 13.6. The van der Waals surface area contributed by atoms with Gasteiger partial charge < -0.3 is 20.5 Å². The molecule has 0 radical (unpaired) electrons. The number of benzene rings is 3. The molecule has 1 amide bonds. The highest BCUT2D eigenvalue weighted by atomic mass is 19.1. The van der Waals surface area contributed by atoms with Crippen LogP contribution in [0.1, 0.15) is 30.9 Å². The first-order valence-electron chi connectivity index (χ1n) is 11.7. The number of amides is 1. The maximum Gasteiger partial charge on any atom is 0.217 e. The summed E-state index contributed by atoms with van der Waals surface area (Å²) >= 11 is 0. The standard InChI is InChI=1S/C28H30F2N2O3/c1-18(33)32-26(13-19-11-23(29)16-24(30)12-19)27(34)17-31-28(9-10-28)22-7-3-5-20(14-22)21-6-4-8-25(15-21)35-2/h3-8,11-12,14-16,26-27,31,34H,9-10,13,17H2,1-2H3,(H,32,33)/t26-,27-/m0/s1. The van der Waals surface area contributed by atoms with Crippen LogP contribution in [0.25, 0.3) is 11.1 Å². The van der Waals surface area contributed by atoms with Crippen LogP contribution >= 0.6 is 0 Å². The van der Waals surface area contributed by atoms with Gasteiger partial charge >= 0.3 is 0 Å². The second-order valence-corrected chi connectivity index (χ2v) is 9.13. The van der Waals surface area contributed by atoms with Crippen LogP contribution in [0.15, 0.2) is 66.7 Å². The number of aliphatic hydroxyl groups is 1. The second-order valence-electron chi connectivity index (χ2n) is 9.13. The lowest BCUT2D eigenvalue weighted by Gasteiger charge is -2.27.